The number of ketones is 1. The first kappa shape index (κ1) is 13.7. The van der Waals surface area contributed by atoms with E-state index >= 15 is 0 Å². The molecule has 1 aromatic carbocycles. The third-order valence-corrected chi connectivity index (χ3v) is 4.06. The van der Waals surface area contributed by atoms with Gasteiger partial charge in [-0.3, -0.25) is 4.79 Å². The lowest BCUT2D eigenvalue weighted by molar-refractivity contribution is 0.0842. The molecule has 2 rings (SSSR count). The molecule has 0 saturated carbocycles. The van der Waals surface area contributed by atoms with Crippen LogP contribution >= 0.6 is 15.9 Å². The zero-order chi connectivity index (χ0) is 13.0. The molecule has 0 aliphatic carbocycles. The maximum Gasteiger partial charge on any atom is 0.166 e. The number of carbonyl (C=O) groups excluding carboxylic acids is 1. The van der Waals surface area contributed by atoms with Gasteiger partial charge in [-0.2, -0.15) is 0 Å². The molecule has 98 valence electrons. The Morgan fingerprint density at radius 2 is 1.89 bits per heavy atom. The monoisotopic (exact) mass is 310 g/mol. The SMILES string of the molecule is NCCN1CCC(C(=O)c2ccc(Br)cc2)CC1. The van der Waals surface area contributed by atoms with Crippen LogP contribution in [0.2, 0.25) is 0 Å². The summed E-state index contributed by atoms with van der Waals surface area (Å²) in [6.07, 6.45) is 1.91. The van der Waals surface area contributed by atoms with Gasteiger partial charge in [0.1, 0.15) is 0 Å². The number of hydrogen-bond acceptors (Lipinski definition) is 3. The van der Waals surface area contributed by atoms with Crippen LogP contribution in [0.15, 0.2) is 28.7 Å². The number of likely N-dealkylation sites (tertiary alicyclic amines) is 1. The van der Waals surface area contributed by atoms with Gasteiger partial charge in [-0.1, -0.05) is 28.1 Å². The van der Waals surface area contributed by atoms with E-state index in [9.17, 15) is 4.79 Å². The zero-order valence-corrected chi connectivity index (χ0v) is 12.0. The Labute approximate surface area is 116 Å². The largest absolute Gasteiger partial charge is 0.329 e. The Morgan fingerprint density at radius 1 is 1.28 bits per heavy atom. The molecular weight excluding hydrogens is 292 g/mol. The molecule has 0 atom stereocenters. The maximum absolute atomic E-state index is 12.3. The summed E-state index contributed by atoms with van der Waals surface area (Å²) in [6.45, 7) is 3.62. The first-order valence-electron chi connectivity index (χ1n) is 6.43. The van der Waals surface area contributed by atoms with Crippen molar-refractivity contribution in [2.24, 2.45) is 11.7 Å². The van der Waals surface area contributed by atoms with Crippen LogP contribution in [-0.2, 0) is 0 Å². The molecular formula is C14H19BrN2O. The molecule has 0 amide bonds. The Morgan fingerprint density at radius 3 is 2.44 bits per heavy atom. The molecule has 1 heterocycles. The number of nitrogens with zero attached hydrogens (tertiary/aromatic N) is 1. The second-order valence-corrected chi connectivity index (χ2v) is 5.69. The number of carbonyl (C=O) groups is 1. The van der Waals surface area contributed by atoms with Crippen LogP contribution in [0.4, 0.5) is 0 Å². The van der Waals surface area contributed by atoms with Gasteiger partial charge in [0.2, 0.25) is 0 Å². The highest BCUT2D eigenvalue weighted by Gasteiger charge is 2.25. The summed E-state index contributed by atoms with van der Waals surface area (Å²) in [6, 6.07) is 7.66. The number of hydrogen-bond donors (Lipinski definition) is 1. The summed E-state index contributed by atoms with van der Waals surface area (Å²) in [7, 11) is 0. The Hall–Kier alpha value is -0.710. The molecule has 0 aromatic heterocycles. The van der Waals surface area contributed by atoms with E-state index in [2.05, 4.69) is 20.8 Å². The topological polar surface area (TPSA) is 46.3 Å². The molecule has 18 heavy (non-hydrogen) atoms. The Balaban J connectivity index is 1.93. The van der Waals surface area contributed by atoms with E-state index < -0.39 is 0 Å². The number of nitrogens with two attached hydrogens (primary N) is 1. The summed E-state index contributed by atoms with van der Waals surface area (Å²) in [5.41, 5.74) is 6.38. The van der Waals surface area contributed by atoms with Crippen molar-refractivity contribution >= 4 is 21.7 Å². The van der Waals surface area contributed by atoms with Crippen molar-refractivity contribution in [1.29, 1.82) is 0 Å². The molecule has 3 nitrogen and oxygen atoms in total. The maximum atomic E-state index is 12.3. The van der Waals surface area contributed by atoms with E-state index in [0.29, 0.717) is 6.54 Å². The lowest BCUT2D eigenvalue weighted by Crippen LogP contribution is -2.39. The van der Waals surface area contributed by atoms with Crippen molar-refractivity contribution < 1.29 is 4.79 Å². The van der Waals surface area contributed by atoms with Crippen LogP contribution in [0.5, 0.6) is 0 Å². The first-order valence-corrected chi connectivity index (χ1v) is 7.22. The first-order chi connectivity index (χ1) is 8.70. The third kappa shape index (κ3) is 3.40. The number of halogens is 1. The predicted molar refractivity (Wildman–Crippen MR) is 76.7 cm³/mol. The van der Waals surface area contributed by atoms with Gasteiger partial charge in [-0.15, -0.1) is 0 Å². The summed E-state index contributed by atoms with van der Waals surface area (Å²) in [5, 5.41) is 0. The van der Waals surface area contributed by atoms with Crippen LogP contribution in [0.25, 0.3) is 0 Å². The van der Waals surface area contributed by atoms with Gasteiger partial charge in [0, 0.05) is 29.0 Å². The minimum atomic E-state index is 0.181. The molecule has 0 bridgehead atoms. The summed E-state index contributed by atoms with van der Waals surface area (Å²) >= 11 is 3.39. The predicted octanol–water partition coefficient (Wildman–Crippen LogP) is 2.30. The molecule has 1 aromatic rings. The van der Waals surface area contributed by atoms with Gasteiger partial charge in [0.15, 0.2) is 5.78 Å². The van der Waals surface area contributed by atoms with Gasteiger partial charge in [0.25, 0.3) is 0 Å². The molecule has 0 unspecified atom stereocenters. The van der Waals surface area contributed by atoms with Crippen LogP contribution in [0.3, 0.4) is 0 Å². The number of rotatable bonds is 4. The van der Waals surface area contributed by atoms with E-state index in [1.807, 2.05) is 24.3 Å². The van der Waals surface area contributed by atoms with Crippen molar-refractivity contribution in [3.63, 3.8) is 0 Å². The lowest BCUT2D eigenvalue weighted by Gasteiger charge is -2.30. The number of Topliss-reactive ketones (excluding diaryl/α,β-unsaturated/α-hetero) is 1. The normalized spacial score (nSPS) is 17.9. The van der Waals surface area contributed by atoms with Crippen molar-refractivity contribution in [3.05, 3.63) is 34.3 Å². The van der Waals surface area contributed by atoms with Gasteiger partial charge >= 0.3 is 0 Å². The number of benzene rings is 1. The highest BCUT2D eigenvalue weighted by Crippen LogP contribution is 2.22. The summed E-state index contributed by atoms with van der Waals surface area (Å²) in [4.78, 5) is 14.7. The van der Waals surface area contributed by atoms with E-state index in [1.165, 1.54) is 0 Å². The van der Waals surface area contributed by atoms with Gasteiger partial charge in [0.05, 0.1) is 0 Å². The third-order valence-electron chi connectivity index (χ3n) is 3.53. The minimum absolute atomic E-state index is 0.181. The Kier molecular flexibility index (Phi) is 4.92. The highest BCUT2D eigenvalue weighted by atomic mass is 79.9. The van der Waals surface area contributed by atoms with Crippen molar-refractivity contribution in [2.45, 2.75) is 12.8 Å². The summed E-state index contributed by atoms with van der Waals surface area (Å²) in [5.74, 6) is 0.468. The molecule has 0 radical (unpaired) electrons. The van der Waals surface area contributed by atoms with Gasteiger partial charge < -0.3 is 10.6 Å². The van der Waals surface area contributed by atoms with Crippen LogP contribution < -0.4 is 5.73 Å². The molecule has 0 spiro atoms. The van der Waals surface area contributed by atoms with E-state index in [4.69, 9.17) is 5.73 Å². The van der Waals surface area contributed by atoms with Gasteiger partial charge in [-0.05, 0) is 38.1 Å². The van der Waals surface area contributed by atoms with E-state index in [0.717, 1.165) is 42.5 Å². The smallest absolute Gasteiger partial charge is 0.166 e. The van der Waals surface area contributed by atoms with E-state index in [-0.39, 0.29) is 11.7 Å². The van der Waals surface area contributed by atoms with Crippen LogP contribution in [0.1, 0.15) is 23.2 Å². The standard InChI is InChI=1S/C14H19BrN2O/c15-13-3-1-11(2-4-13)14(18)12-5-8-17(9-6-12)10-7-16/h1-4,12H,5-10,16H2. The zero-order valence-electron chi connectivity index (χ0n) is 10.4. The average molecular weight is 311 g/mol. The fraction of sp³-hybridized carbons (Fsp3) is 0.500. The van der Waals surface area contributed by atoms with Gasteiger partial charge in [-0.25, -0.2) is 0 Å². The molecule has 1 saturated heterocycles. The minimum Gasteiger partial charge on any atom is -0.329 e. The fourth-order valence-electron chi connectivity index (χ4n) is 2.45. The second-order valence-electron chi connectivity index (χ2n) is 4.78. The molecule has 2 N–H and O–H groups in total. The summed E-state index contributed by atoms with van der Waals surface area (Å²) < 4.78 is 1.01. The lowest BCUT2D eigenvalue weighted by atomic mass is 9.89. The van der Waals surface area contributed by atoms with E-state index in [1.54, 1.807) is 0 Å². The number of piperidine rings is 1. The van der Waals surface area contributed by atoms with Crippen molar-refractivity contribution in [3.8, 4) is 0 Å². The van der Waals surface area contributed by atoms with Crippen molar-refractivity contribution in [1.82, 2.24) is 4.90 Å². The average Bonchev–Trinajstić information content (AvgIpc) is 2.40. The highest BCUT2D eigenvalue weighted by molar-refractivity contribution is 9.10. The Bertz CT molecular complexity index is 397. The van der Waals surface area contributed by atoms with Crippen LogP contribution in [0, 0.1) is 5.92 Å². The van der Waals surface area contributed by atoms with Crippen LogP contribution in [-0.4, -0.2) is 36.9 Å². The molecule has 1 aliphatic rings. The second kappa shape index (κ2) is 6.45. The quantitative estimate of drug-likeness (QED) is 0.868. The molecule has 4 heteroatoms. The molecule has 1 aliphatic heterocycles. The van der Waals surface area contributed by atoms with Crippen molar-refractivity contribution in [2.75, 3.05) is 26.2 Å². The fourth-order valence-corrected chi connectivity index (χ4v) is 2.72. The molecule has 1 fully saturated rings.